The molecule has 0 fully saturated rings. The molecule has 9 heteroatoms. The van der Waals surface area contributed by atoms with Crippen LogP contribution in [0.3, 0.4) is 0 Å². The van der Waals surface area contributed by atoms with Crippen LogP contribution < -0.4 is 11.1 Å². The molecule has 0 unspecified atom stereocenters. The van der Waals surface area contributed by atoms with Crippen LogP contribution in [0.25, 0.3) is 19.3 Å². The van der Waals surface area contributed by atoms with Crippen molar-refractivity contribution >= 4 is 54.4 Å². The van der Waals surface area contributed by atoms with Crippen molar-refractivity contribution in [3.05, 3.63) is 73.3 Å². The standard InChI is InChI=1S/C16H11N3O4Se2/c20-15-11-3-1-2-4-13(11)24-17(15)7-8-18-16(21)12-9-10(19(22)23)5-6-14(12)25-18/h1-6,9H,7-8H2. The molecule has 0 N–H and O–H groups in total. The van der Waals surface area contributed by atoms with Gasteiger partial charge in [0.15, 0.2) is 0 Å². The SMILES string of the molecule is O=c1c2ccccc2[se]n1CCn1[se]c2ccc([N+](=O)[O-])cc2c1=O. The zero-order valence-corrected chi connectivity index (χ0v) is 16.2. The van der Waals surface area contributed by atoms with Gasteiger partial charge in [-0.2, -0.15) is 0 Å². The molecular weight excluding hydrogens is 456 g/mol. The van der Waals surface area contributed by atoms with Gasteiger partial charge in [-0.15, -0.1) is 0 Å². The molecule has 0 radical (unpaired) electrons. The number of non-ortho nitro benzene ring substituents is 1. The van der Waals surface area contributed by atoms with Crippen molar-refractivity contribution in [2.75, 3.05) is 0 Å². The van der Waals surface area contributed by atoms with Gasteiger partial charge in [0.25, 0.3) is 0 Å². The molecule has 2 aromatic heterocycles. The van der Waals surface area contributed by atoms with E-state index >= 15 is 0 Å². The van der Waals surface area contributed by atoms with Gasteiger partial charge < -0.3 is 0 Å². The second-order valence-electron chi connectivity index (χ2n) is 5.43. The summed E-state index contributed by atoms with van der Waals surface area (Å²) >= 11 is -0.265. The van der Waals surface area contributed by atoms with Crippen LogP contribution in [-0.2, 0) is 13.1 Å². The van der Waals surface area contributed by atoms with E-state index in [1.54, 1.807) is 13.2 Å². The molecule has 0 aliphatic carbocycles. The normalized spacial score (nSPS) is 11.4. The molecule has 0 aliphatic rings. The summed E-state index contributed by atoms with van der Waals surface area (Å²) in [5.41, 5.74) is -0.239. The van der Waals surface area contributed by atoms with E-state index in [1.165, 1.54) is 12.1 Å². The maximum absolute atomic E-state index is 12.5. The first kappa shape index (κ1) is 16.3. The number of aryl methyl sites for hydroxylation is 2. The minimum atomic E-state index is -0.494. The summed E-state index contributed by atoms with van der Waals surface area (Å²) in [7, 11) is 0. The molecule has 0 saturated heterocycles. The van der Waals surface area contributed by atoms with Crippen LogP contribution in [0.1, 0.15) is 0 Å². The Bertz CT molecular complexity index is 1230. The third-order valence-electron chi connectivity index (χ3n) is 3.90. The van der Waals surface area contributed by atoms with Gasteiger partial charge in [0, 0.05) is 0 Å². The fraction of sp³-hybridized carbons (Fsp3) is 0.125. The fourth-order valence-corrected chi connectivity index (χ4v) is 6.76. The fourth-order valence-electron chi connectivity index (χ4n) is 2.67. The third-order valence-corrected chi connectivity index (χ3v) is 8.60. The molecule has 0 bridgehead atoms. The molecular formula is C16H11N3O4Se2. The van der Waals surface area contributed by atoms with Gasteiger partial charge >= 0.3 is 153 Å². The summed E-state index contributed by atoms with van der Waals surface area (Å²) in [6.07, 6.45) is 0. The van der Waals surface area contributed by atoms with E-state index in [0.717, 1.165) is 13.9 Å². The van der Waals surface area contributed by atoms with Gasteiger partial charge in [-0.1, -0.05) is 0 Å². The molecule has 4 rings (SSSR count). The van der Waals surface area contributed by atoms with Gasteiger partial charge in [-0.05, 0) is 0 Å². The predicted molar refractivity (Wildman–Crippen MR) is 97.0 cm³/mol. The molecule has 0 spiro atoms. The van der Waals surface area contributed by atoms with Crippen LogP contribution in [0.5, 0.6) is 0 Å². The van der Waals surface area contributed by atoms with Crippen LogP contribution in [-0.4, -0.2) is 41.5 Å². The average molecular weight is 467 g/mol. The summed E-state index contributed by atoms with van der Waals surface area (Å²) in [6, 6.07) is 12.0. The monoisotopic (exact) mass is 469 g/mol. The van der Waals surface area contributed by atoms with Crippen molar-refractivity contribution in [3.63, 3.8) is 0 Å². The van der Waals surface area contributed by atoms with Crippen molar-refractivity contribution in [3.8, 4) is 0 Å². The Morgan fingerprint density at radius 2 is 1.48 bits per heavy atom. The Morgan fingerprint density at radius 3 is 2.12 bits per heavy atom. The summed E-state index contributed by atoms with van der Waals surface area (Å²) in [6.45, 7) is 0.930. The van der Waals surface area contributed by atoms with Crippen LogP contribution in [0, 0.1) is 10.1 Å². The molecule has 0 saturated carbocycles. The molecule has 2 heterocycles. The number of benzene rings is 2. The quantitative estimate of drug-likeness (QED) is 0.255. The molecule has 0 amide bonds. The Kier molecular flexibility index (Phi) is 4.09. The summed E-state index contributed by atoms with van der Waals surface area (Å²) in [5, 5.41) is 12.0. The van der Waals surface area contributed by atoms with Crippen molar-refractivity contribution in [1.29, 1.82) is 0 Å². The van der Waals surface area contributed by atoms with E-state index in [-0.39, 0.29) is 46.3 Å². The second kappa shape index (κ2) is 6.28. The zero-order valence-electron chi connectivity index (χ0n) is 12.7. The van der Waals surface area contributed by atoms with E-state index in [0.29, 0.717) is 18.5 Å². The van der Waals surface area contributed by atoms with Crippen molar-refractivity contribution in [2.24, 2.45) is 0 Å². The minimum absolute atomic E-state index is 0.0166. The van der Waals surface area contributed by atoms with Crippen LogP contribution in [0.2, 0.25) is 0 Å². The van der Waals surface area contributed by atoms with Gasteiger partial charge in [0.1, 0.15) is 0 Å². The van der Waals surface area contributed by atoms with Crippen molar-refractivity contribution < 1.29 is 4.92 Å². The Hall–Kier alpha value is -2.18. The van der Waals surface area contributed by atoms with Gasteiger partial charge in [0.05, 0.1) is 0 Å². The molecule has 126 valence electrons. The van der Waals surface area contributed by atoms with E-state index < -0.39 is 4.92 Å². The molecule has 25 heavy (non-hydrogen) atoms. The first-order valence-corrected chi connectivity index (χ1v) is 10.7. The van der Waals surface area contributed by atoms with E-state index in [4.69, 9.17) is 0 Å². The Morgan fingerprint density at radius 1 is 0.880 bits per heavy atom. The number of aromatic nitrogens is 2. The van der Waals surface area contributed by atoms with E-state index in [1.807, 2.05) is 24.3 Å². The predicted octanol–water partition coefficient (Wildman–Crippen LogP) is 1.04. The molecule has 0 atom stereocenters. The number of nitrogens with zero attached hydrogens (tertiary/aromatic N) is 3. The number of nitro benzene ring substituents is 1. The van der Waals surface area contributed by atoms with Crippen molar-refractivity contribution in [1.82, 2.24) is 7.12 Å². The Balaban J connectivity index is 1.67. The number of hydrogen-bond donors (Lipinski definition) is 0. The summed E-state index contributed by atoms with van der Waals surface area (Å²) in [4.78, 5) is 35.3. The topological polar surface area (TPSA) is 87.1 Å². The summed E-state index contributed by atoms with van der Waals surface area (Å²) in [5.74, 6) is 0. The molecule has 4 aromatic rings. The zero-order chi connectivity index (χ0) is 17.6. The van der Waals surface area contributed by atoms with Gasteiger partial charge in [-0.3, -0.25) is 0 Å². The number of fused-ring (bicyclic) bond motifs is 2. The van der Waals surface area contributed by atoms with Crippen LogP contribution in [0.15, 0.2) is 52.1 Å². The number of rotatable bonds is 4. The number of nitro groups is 1. The van der Waals surface area contributed by atoms with Crippen LogP contribution in [0.4, 0.5) is 5.69 Å². The maximum atomic E-state index is 12.5. The van der Waals surface area contributed by atoms with E-state index in [2.05, 4.69) is 0 Å². The average Bonchev–Trinajstić information content (AvgIpc) is 3.10. The first-order valence-electron chi connectivity index (χ1n) is 7.42. The molecule has 2 aromatic carbocycles. The van der Waals surface area contributed by atoms with Gasteiger partial charge in [-0.25, -0.2) is 0 Å². The Labute approximate surface area is 152 Å². The summed E-state index contributed by atoms with van der Waals surface area (Å²) < 4.78 is 5.42. The number of hydrogen-bond acceptors (Lipinski definition) is 4. The second-order valence-corrected chi connectivity index (χ2v) is 9.89. The van der Waals surface area contributed by atoms with Crippen LogP contribution >= 0.6 is 0 Å². The van der Waals surface area contributed by atoms with Gasteiger partial charge in [0.2, 0.25) is 0 Å². The van der Waals surface area contributed by atoms with E-state index in [9.17, 15) is 19.7 Å². The first-order chi connectivity index (χ1) is 12.0. The molecule has 0 aliphatic heterocycles. The third kappa shape index (κ3) is 2.85. The van der Waals surface area contributed by atoms with Crippen molar-refractivity contribution in [2.45, 2.75) is 13.1 Å². The molecule has 7 nitrogen and oxygen atoms in total.